The lowest BCUT2D eigenvalue weighted by atomic mass is 9.96. The number of hydrogen-bond acceptors (Lipinski definition) is 3. The average Bonchev–Trinajstić information content (AvgIpc) is 3.11. The molecule has 28 heavy (non-hydrogen) atoms. The molecule has 2 rings (SSSR count). The van der Waals surface area contributed by atoms with Gasteiger partial charge in [-0.05, 0) is 43.2 Å². The van der Waals surface area contributed by atoms with Crippen molar-refractivity contribution in [3.8, 4) is 0 Å². The first-order valence-corrected chi connectivity index (χ1v) is 11.6. The molecule has 0 radical (unpaired) electrons. The van der Waals surface area contributed by atoms with Gasteiger partial charge >= 0.3 is 0 Å². The molecule has 2 unspecified atom stereocenters. The third-order valence-electron chi connectivity index (χ3n) is 6.10. The summed E-state index contributed by atoms with van der Waals surface area (Å²) in [4.78, 5) is 4.55. The zero-order valence-corrected chi connectivity index (χ0v) is 19.0. The predicted molar refractivity (Wildman–Crippen MR) is 120 cm³/mol. The van der Waals surface area contributed by atoms with E-state index in [1.165, 1.54) is 56.9 Å². The van der Waals surface area contributed by atoms with Crippen LogP contribution in [0.15, 0.2) is 18.2 Å². The standard InChI is InChI=1S/C24H42N4/c1-6-10-14-21(8-3)17-27(18-22(9-4)15-11-7-2)19-28-25-23-16-12-13-20(5)24(23)26-28/h12-13,16,21-22H,6-11,14-15,17-19H2,1-5H3. The maximum atomic E-state index is 4.81. The third kappa shape index (κ3) is 6.88. The Hall–Kier alpha value is -1.42. The van der Waals surface area contributed by atoms with Crippen molar-refractivity contribution in [1.82, 2.24) is 19.9 Å². The average molecular weight is 387 g/mol. The van der Waals surface area contributed by atoms with Gasteiger partial charge in [-0.15, -0.1) is 0 Å². The Morgan fingerprint density at radius 2 is 1.50 bits per heavy atom. The smallest absolute Gasteiger partial charge is 0.116 e. The van der Waals surface area contributed by atoms with Crippen LogP contribution in [0.2, 0.25) is 0 Å². The molecule has 0 aliphatic carbocycles. The van der Waals surface area contributed by atoms with E-state index in [9.17, 15) is 0 Å². The topological polar surface area (TPSA) is 34.0 Å². The first-order chi connectivity index (χ1) is 13.6. The summed E-state index contributed by atoms with van der Waals surface area (Å²) in [5.41, 5.74) is 3.26. The number of fused-ring (bicyclic) bond motifs is 1. The SMILES string of the molecule is CCCCC(CC)CN(CC(CC)CCCC)Cn1nc2cccc(C)c2n1. The van der Waals surface area contributed by atoms with Crippen LogP contribution < -0.4 is 0 Å². The fraction of sp³-hybridized carbons (Fsp3) is 0.750. The lowest BCUT2D eigenvalue weighted by Gasteiger charge is -2.30. The van der Waals surface area contributed by atoms with Gasteiger partial charge in [-0.3, -0.25) is 4.90 Å². The van der Waals surface area contributed by atoms with Gasteiger partial charge in [0.1, 0.15) is 17.7 Å². The molecule has 158 valence electrons. The predicted octanol–water partition coefficient (Wildman–Crippen LogP) is 6.43. The molecule has 0 N–H and O–H groups in total. The van der Waals surface area contributed by atoms with Crippen molar-refractivity contribution in [2.24, 2.45) is 11.8 Å². The minimum Gasteiger partial charge on any atom is -0.282 e. The third-order valence-corrected chi connectivity index (χ3v) is 6.10. The molecule has 4 heteroatoms. The van der Waals surface area contributed by atoms with E-state index in [1.54, 1.807) is 0 Å². The quantitative estimate of drug-likeness (QED) is 0.375. The van der Waals surface area contributed by atoms with E-state index in [1.807, 2.05) is 4.80 Å². The molecule has 0 aliphatic rings. The maximum Gasteiger partial charge on any atom is 0.116 e. The molecule has 0 amide bonds. The highest BCUT2D eigenvalue weighted by atomic mass is 15.5. The van der Waals surface area contributed by atoms with E-state index in [4.69, 9.17) is 10.2 Å². The molecule has 1 heterocycles. The zero-order chi connectivity index (χ0) is 20.4. The first-order valence-electron chi connectivity index (χ1n) is 11.6. The van der Waals surface area contributed by atoms with Crippen molar-refractivity contribution in [3.63, 3.8) is 0 Å². The van der Waals surface area contributed by atoms with Gasteiger partial charge in [0.25, 0.3) is 0 Å². The molecule has 0 saturated carbocycles. The Bertz CT molecular complexity index is 660. The second-order valence-corrected chi connectivity index (χ2v) is 8.53. The summed E-state index contributed by atoms with van der Waals surface area (Å²) in [5, 5.41) is 9.57. The van der Waals surface area contributed by atoms with Gasteiger partial charge in [0.05, 0.1) is 0 Å². The minimum absolute atomic E-state index is 0.773. The number of benzene rings is 1. The van der Waals surface area contributed by atoms with Crippen molar-refractivity contribution in [1.29, 1.82) is 0 Å². The van der Waals surface area contributed by atoms with Crippen LogP contribution in [0.5, 0.6) is 0 Å². The maximum absolute atomic E-state index is 4.81. The summed E-state index contributed by atoms with van der Waals surface area (Å²) in [6.07, 6.45) is 10.4. The minimum atomic E-state index is 0.773. The van der Waals surface area contributed by atoms with Crippen LogP contribution in [0.4, 0.5) is 0 Å². The number of rotatable bonds is 14. The molecule has 4 nitrogen and oxygen atoms in total. The Kier molecular flexibility index (Phi) is 9.97. The van der Waals surface area contributed by atoms with E-state index >= 15 is 0 Å². The fourth-order valence-corrected chi connectivity index (χ4v) is 4.11. The highest BCUT2D eigenvalue weighted by Gasteiger charge is 2.18. The van der Waals surface area contributed by atoms with Crippen LogP contribution in [0.25, 0.3) is 11.0 Å². The van der Waals surface area contributed by atoms with E-state index in [2.05, 4.69) is 57.7 Å². The number of unbranched alkanes of at least 4 members (excludes halogenated alkanes) is 2. The monoisotopic (exact) mass is 386 g/mol. The molecule has 0 spiro atoms. The van der Waals surface area contributed by atoms with Crippen LogP contribution in [0.3, 0.4) is 0 Å². The Balaban J connectivity index is 2.13. The molecular formula is C24H42N4. The van der Waals surface area contributed by atoms with Gasteiger partial charge in [0.2, 0.25) is 0 Å². The summed E-state index contributed by atoms with van der Waals surface area (Å²) < 4.78 is 0. The highest BCUT2D eigenvalue weighted by Crippen LogP contribution is 2.20. The van der Waals surface area contributed by atoms with Crippen molar-refractivity contribution >= 4 is 11.0 Å². The molecule has 1 aromatic heterocycles. The van der Waals surface area contributed by atoms with Gasteiger partial charge in [-0.1, -0.05) is 78.4 Å². The summed E-state index contributed by atoms with van der Waals surface area (Å²) in [5.74, 6) is 1.55. The normalized spacial score (nSPS) is 14.1. The van der Waals surface area contributed by atoms with Crippen LogP contribution in [-0.2, 0) is 6.67 Å². The second-order valence-electron chi connectivity index (χ2n) is 8.53. The van der Waals surface area contributed by atoms with Gasteiger partial charge in [-0.25, -0.2) is 0 Å². The Morgan fingerprint density at radius 3 is 2.00 bits per heavy atom. The summed E-state index contributed by atoms with van der Waals surface area (Å²) >= 11 is 0. The molecule has 2 aromatic rings. The lowest BCUT2D eigenvalue weighted by Crippen LogP contribution is -2.36. The van der Waals surface area contributed by atoms with Gasteiger partial charge in [0, 0.05) is 13.1 Å². The van der Waals surface area contributed by atoms with Crippen molar-refractivity contribution in [2.45, 2.75) is 92.7 Å². The van der Waals surface area contributed by atoms with Gasteiger partial charge in [-0.2, -0.15) is 15.0 Å². The largest absolute Gasteiger partial charge is 0.282 e. The van der Waals surface area contributed by atoms with Crippen molar-refractivity contribution in [2.75, 3.05) is 13.1 Å². The van der Waals surface area contributed by atoms with Gasteiger partial charge < -0.3 is 0 Å². The molecule has 0 saturated heterocycles. The van der Waals surface area contributed by atoms with E-state index < -0.39 is 0 Å². The molecule has 0 aliphatic heterocycles. The second kappa shape index (κ2) is 12.2. The number of hydrogen-bond donors (Lipinski definition) is 0. The summed E-state index contributed by atoms with van der Waals surface area (Å²) in [7, 11) is 0. The van der Waals surface area contributed by atoms with Crippen LogP contribution in [0, 0.1) is 18.8 Å². The van der Waals surface area contributed by atoms with E-state index in [0.717, 1.165) is 42.6 Å². The van der Waals surface area contributed by atoms with Gasteiger partial charge in [0.15, 0.2) is 0 Å². The Morgan fingerprint density at radius 1 is 0.893 bits per heavy atom. The van der Waals surface area contributed by atoms with Crippen LogP contribution >= 0.6 is 0 Å². The van der Waals surface area contributed by atoms with Crippen LogP contribution in [-0.4, -0.2) is 33.0 Å². The Labute approximate surface area is 172 Å². The molecule has 0 fully saturated rings. The number of nitrogens with zero attached hydrogens (tertiary/aromatic N) is 4. The lowest BCUT2D eigenvalue weighted by molar-refractivity contribution is 0.131. The molecule has 1 aromatic carbocycles. The molecule has 2 atom stereocenters. The van der Waals surface area contributed by atoms with E-state index in [-0.39, 0.29) is 0 Å². The summed E-state index contributed by atoms with van der Waals surface area (Å²) in [6, 6.07) is 6.27. The first kappa shape index (κ1) is 22.9. The fourth-order valence-electron chi connectivity index (χ4n) is 4.11. The number of aromatic nitrogens is 3. The number of aryl methyl sites for hydroxylation is 1. The van der Waals surface area contributed by atoms with Crippen molar-refractivity contribution < 1.29 is 0 Å². The van der Waals surface area contributed by atoms with Crippen molar-refractivity contribution in [3.05, 3.63) is 23.8 Å². The zero-order valence-electron chi connectivity index (χ0n) is 19.0. The van der Waals surface area contributed by atoms with E-state index in [0.29, 0.717) is 0 Å². The molecular weight excluding hydrogens is 344 g/mol. The summed E-state index contributed by atoms with van der Waals surface area (Å²) in [6.45, 7) is 14.5. The van der Waals surface area contributed by atoms with Crippen LogP contribution in [0.1, 0.15) is 84.6 Å². The molecule has 0 bridgehead atoms. The highest BCUT2D eigenvalue weighted by molar-refractivity contribution is 5.76.